The number of sulfonamides is 1. The van der Waals surface area contributed by atoms with Gasteiger partial charge in [-0.05, 0) is 37.1 Å². The molecular weight excluding hydrogens is 373 g/mol. The van der Waals surface area contributed by atoms with E-state index < -0.39 is 21.9 Å². The van der Waals surface area contributed by atoms with Crippen LogP contribution in [0.25, 0.3) is 0 Å². The highest BCUT2D eigenvalue weighted by Crippen LogP contribution is 2.30. The fourth-order valence-corrected chi connectivity index (χ4v) is 4.60. The lowest BCUT2D eigenvalue weighted by molar-refractivity contribution is 0.124. The van der Waals surface area contributed by atoms with E-state index in [2.05, 4.69) is 4.98 Å². The van der Waals surface area contributed by atoms with Gasteiger partial charge in [-0.3, -0.25) is 0 Å². The van der Waals surface area contributed by atoms with Crippen molar-refractivity contribution in [2.75, 3.05) is 20.2 Å². The zero-order chi connectivity index (χ0) is 19.4. The monoisotopic (exact) mass is 391 g/mol. The highest BCUT2D eigenvalue weighted by atomic mass is 32.2. The summed E-state index contributed by atoms with van der Waals surface area (Å²) in [6.07, 6.45) is 2.27. The molecule has 1 aromatic heterocycles. The average Bonchev–Trinajstić information content (AvgIpc) is 2.68. The zero-order valence-electron chi connectivity index (χ0n) is 14.6. The minimum absolute atomic E-state index is 0.0860. The lowest BCUT2D eigenvalue weighted by atomic mass is 10.1. The minimum atomic E-state index is -3.95. The molecule has 0 bridgehead atoms. The van der Waals surface area contributed by atoms with Gasteiger partial charge in [-0.15, -0.1) is 0 Å². The van der Waals surface area contributed by atoms with Crippen molar-refractivity contribution in [3.63, 3.8) is 0 Å². The molecule has 1 fully saturated rings. The van der Waals surface area contributed by atoms with E-state index in [0.29, 0.717) is 24.9 Å². The van der Waals surface area contributed by atoms with Crippen LogP contribution in [0.5, 0.6) is 11.6 Å². The molecule has 27 heavy (non-hydrogen) atoms. The van der Waals surface area contributed by atoms with Crippen molar-refractivity contribution in [2.45, 2.75) is 23.8 Å². The van der Waals surface area contributed by atoms with E-state index in [1.165, 1.54) is 29.7 Å². The van der Waals surface area contributed by atoms with E-state index in [9.17, 15) is 12.8 Å². The quantitative estimate of drug-likeness (QED) is 0.777. The number of piperidine rings is 1. The van der Waals surface area contributed by atoms with Crippen LogP contribution in [-0.4, -0.2) is 44.0 Å². The Morgan fingerprint density at radius 1 is 1.33 bits per heavy atom. The Hall–Kier alpha value is -2.70. The van der Waals surface area contributed by atoms with Gasteiger partial charge in [0.2, 0.25) is 15.9 Å². The van der Waals surface area contributed by atoms with Gasteiger partial charge in [0, 0.05) is 18.8 Å². The predicted octanol–water partition coefficient (Wildman–Crippen LogP) is 2.33. The third kappa shape index (κ3) is 4.18. The fourth-order valence-electron chi connectivity index (χ4n) is 2.92. The molecule has 142 valence electrons. The molecule has 2 heterocycles. The first kappa shape index (κ1) is 19.1. The number of halogens is 1. The average molecular weight is 391 g/mol. The summed E-state index contributed by atoms with van der Waals surface area (Å²) in [6, 6.07) is 8.45. The van der Waals surface area contributed by atoms with E-state index in [0.717, 1.165) is 12.1 Å². The number of methoxy groups -OCH3 is 1. The van der Waals surface area contributed by atoms with Crippen molar-refractivity contribution in [3.05, 3.63) is 47.9 Å². The van der Waals surface area contributed by atoms with Gasteiger partial charge in [-0.2, -0.15) is 9.57 Å². The number of nitriles is 1. The Morgan fingerprint density at radius 3 is 2.89 bits per heavy atom. The fraction of sp³-hybridized carbons (Fsp3) is 0.333. The van der Waals surface area contributed by atoms with Gasteiger partial charge in [-0.25, -0.2) is 17.8 Å². The maximum atomic E-state index is 13.6. The first-order valence-corrected chi connectivity index (χ1v) is 9.74. The summed E-state index contributed by atoms with van der Waals surface area (Å²) in [5, 5.41) is 8.95. The summed E-state index contributed by atoms with van der Waals surface area (Å²) < 4.78 is 51.7. The maximum absolute atomic E-state index is 13.6. The highest BCUT2D eigenvalue weighted by Gasteiger charge is 2.33. The number of nitrogens with zero attached hydrogens (tertiary/aromatic N) is 3. The predicted molar refractivity (Wildman–Crippen MR) is 94.3 cm³/mol. The van der Waals surface area contributed by atoms with E-state index in [4.69, 9.17) is 14.7 Å². The summed E-state index contributed by atoms with van der Waals surface area (Å²) >= 11 is 0. The van der Waals surface area contributed by atoms with Crippen LogP contribution >= 0.6 is 0 Å². The lowest BCUT2D eigenvalue weighted by Gasteiger charge is -2.32. The van der Waals surface area contributed by atoms with Gasteiger partial charge < -0.3 is 9.47 Å². The maximum Gasteiger partial charge on any atom is 0.246 e. The Morgan fingerprint density at radius 2 is 2.15 bits per heavy atom. The number of hydrogen-bond donors (Lipinski definition) is 0. The van der Waals surface area contributed by atoms with E-state index in [1.807, 2.05) is 6.07 Å². The van der Waals surface area contributed by atoms with Crippen LogP contribution in [0.3, 0.4) is 0 Å². The molecule has 1 saturated heterocycles. The van der Waals surface area contributed by atoms with Gasteiger partial charge in [0.05, 0.1) is 25.3 Å². The van der Waals surface area contributed by atoms with Crippen molar-refractivity contribution in [2.24, 2.45) is 0 Å². The third-order valence-electron chi connectivity index (χ3n) is 4.24. The zero-order valence-corrected chi connectivity index (χ0v) is 15.4. The van der Waals surface area contributed by atoms with Crippen molar-refractivity contribution >= 4 is 10.0 Å². The summed E-state index contributed by atoms with van der Waals surface area (Å²) in [6.45, 7) is 0.397. The van der Waals surface area contributed by atoms with Crippen LogP contribution in [0.1, 0.15) is 18.4 Å². The van der Waals surface area contributed by atoms with E-state index in [1.54, 1.807) is 6.07 Å². The van der Waals surface area contributed by atoms with E-state index in [-0.39, 0.29) is 23.1 Å². The first-order chi connectivity index (χ1) is 12.9. The molecule has 9 heteroatoms. The minimum Gasteiger partial charge on any atom is -0.495 e. The second kappa shape index (κ2) is 7.90. The number of ether oxygens (including phenoxy) is 2. The molecule has 1 aromatic carbocycles. The molecule has 0 unspecified atom stereocenters. The van der Waals surface area contributed by atoms with Gasteiger partial charge >= 0.3 is 0 Å². The molecule has 0 saturated carbocycles. The summed E-state index contributed by atoms with van der Waals surface area (Å²) in [4.78, 5) is 3.84. The second-order valence-electron chi connectivity index (χ2n) is 6.03. The van der Waals surface area contributed by atoms with Crippen molar-refractivity contribution in [1.29, 1.82) is 5.26 Å². The van der Waals surface area contributed by atoms with Crippen molar-refractivity contribution in [3.8, 4) is 17.7 Å². The van der Waals surface area contributed by atoms with Gasteiger partial charge in [0.1, 0.15) is 22.6 Å². The van der Waals surface area contributed by atoms with Crippen LogP contribution in [-0.2, 0) is 10.0 Å². The molecule has 0 N–H and O–H groups in total. The SMILES string of the molecule is COc1ccc(F)cc1S(=O)(=O)N1CCC[C@@H](Oc2cc(C#N)ccn2)C1. The molecule has 0 amide bonds. The standard InChI is InChI=1S/C18H18FN3O4S/c1-25-16-5-4-14(19)10-17(16)27(23,24)22-8-2-3-15(12-22)26-18-9-13(11-20)6-7-21-18/h4-7,9-10,15H,2-3,8,12H2,1H3/t15-/m1/s1. The number of pyridine rings is 1. The van der Waals surface area contributed by atoms with Crippen LogP contribution < -0.4 is 9.47 Å². The molecule has 2 aromatic rings. The van der Waals surface area contributed by atoms with Gasteiger partial charge in [0.15, 0.2) is 0 Å². The number of benzene rings is 1. The largest absolute Gasteiger partial charge is 0.495 e. The van der Waals surface area contributed by atoms with Gasteiger partial charge in [0.25, 0.3) is 0 Å². The number of aromatic nitrogens is 1. The molecule has 1 atom stereocenters. The van der Waals surface area contributed by atoms with Gasteiger partial charge in [-0.1, -0.05) is 0 Å². The molecule has 0 aliphatic carbocycles. The Balaban J connectivity index is 1.81. The van der Waals surface area contributed by atoms with Crippen molar-refractivity contribution in [1.82, 2.24) is 9.29 Å². The summed E-state index contributed by atoms with van der Waals surface area (Å²) in [7, 11) is -2.61. The molecular formula is C18H18FN3O4S. The van der Waals surface area contributed by atoms with Crippen LogP contribution in [0.4, 0.5) is 4.39 Å². The lowest BCUT2D eigenvalue weighted by Crippen LogP contribution is -2.44. The Kier molecular flexibility index (Phi) is 5.58. The normalized spacial score (nSPS) is 17.9. The smallest absolute Gasteiger partial charge is 0.246 e. The van der Waals surface area contributed by atoms with Crippen LogP contribution in [0, 0.1) is 17.1 Å². The van der Waals surface area contributed by atoms with Crippen LogP contribution in [0.15, 0.2) is 41.4 Å². The third-order valence-corrected chi connectivity index (χ3v) is 6.12. The second-order valence-corrected chi connectivity index (χ2v) is 7.94. The molecule has 1 aliphatic rings. The number of rotatable bonds is 5. The first-order valence-electron chi connectivity index (χ1n) is 8.30. The molecule has 7 nitrogen and oxygen atoms in total. The highest BCUT2D eigenvalue weighted by molar-refractivity contribution is 7.89. The molecule has 0 spiro atoms. The Labute approximate surface area is 157 Å². The Bertz CT molecular complexity index is 975. The van der Waals surface area contributed by atoms with E-state index >= 15 is 0 Å². The number of hydrogen-bond acceptors (Lipinski definition) is 6. The topological polar surface area (TPSA) is 92.5 Å². The van der Waals surface area contributed by atoms with Crippen LogP contribution in [0.2, 0.25) is 0 Å². The molecule has 3 rings (SSSR count). The summed E-state index contributed by atoms with van der Waals surface area (Å²) in [5.74, 6) is -0.304. The summed E-state index contributed by atoms with van der Waals surface area (Å²) in [5.41, 5.74) is 0.407. The molecule has 1 aliphatic heterocycles. The molecule has 0 radical (unpaired) electrons. The van der Waals surface area contributed by atoms with Crippen molar-refractivity contribution < 1.29 is 22.3 Å².